The fourth-order valence-corrected chi connectivity index (χ4v) is 3.63. The molecule has 0 radical (unpaired) electrons. The quantitative estimate of drug-likeness (QED) is 0.861. The Labute approximate surface area is 126 Å². The first-order chi connectivity index (χ1) is 10.2. The number of rotatable bonds is 4. The maximum absolute atomic E-state index is 11.6. The molecule has 0 aliphatic carbocycles. The third-order valence-corrected chi connectivity index (χ3v) is 4.76. The number of carbonyl (C=O) groups is 1. The summed E-state index contributed by atoms with van der Waals surface area (Å²) in [6, 6.07) is 6.38. The molecule has 21 heavy (non-hydrogen) atoms. The molecule has 2 aliphatic rings. The molecular weight excluding hydrogens is 264 g/mol. The molecule has 2 aliphatic heterocycles. The predicted octanol–water partition coefficient (Wildman–Crippen LogP) is 2.08. The minimum Gasteiger partial charge on any atom is -0.496 e. The number of ether oxygens (including phenoxy) is 1. The van der Waals surface area contributed by atoms with Crippen LogP contribution in [0.25, 0.3) is 0 Å². The maximum atomic E-state index is 11.6. The predicted molar refractivity (Wildman–Crippen MR) is 82.8 cm³/mol. The largest absolute Gasteiger partial charge is 0.496 e. The van der Waals surface area contributed by atoms with Crippen LogP contribution in [0, 0.1) is 5.92 Å². The molecule has 4 heteroatoms. The molecule has 1 N–H and O–H groups in total. The van der Waals surface area contributed by atoms with E-state index < -0.39 is 0 Å². The van der Waals surface area contributed by atoms with Crippen LogP contribution >= 0.6 is 0 Å². The van der Waals surface area contributed by atoms with Crippen LogP contribution in [-0.4, -0.2) is 43.5 Å². The van der Waals surface area contributed by atoms with Crippen molar-refractivity contribution in [2.24, 2.45) is 5.92 Å². The maximum Gasteiger partial charge on any atom is 0.159 e. The van der Waals surface area contributed by atoms with Gasteiger partial charge in [0.1, 0.15) is 5.75 Å². The monoisotopic (exact) mass is 288 g/mol. The van der Waals surface area contributed by atoms with Crippen LogP contribution in [0.5, 0.6) is 5.75 Å². The average Bonchev–Trinajstić information content (AvgIpc) is 2.89. The Hall–Kier alpha value is -1.39. The lowest BCUT2D eigenvalue weighted by Crippen LogP contribution is -2.40. The summed E-state index contributed by atoms with van der Waals surface area (Å²) < 4.78 is 5.46. The van der Waals surface area contributed by atoms with Crippen molar-refractivity contribution in [3.63, 3.8) is 0 Å². The molecule has 1 aromatic rings. The van der Waals surface area contributed by atoms with Crippen molar-refractivity contribution >= 4 is 5.78 Å². The summed E-state index contributed by atoms with van der Waals surface area (Å²) >= 11 is 0. The molecule has 0 amide bonds. The third-order valence-electron chi connectivity index (χ3n) is 4.76. The first kappa shape index (κ1) is 14.5. The van der Waals surface area contributed by atoms with E-state index in [2.05, 4.69) is 10.2 Å². The van der Waals surface area contributed by atoms with Crippen LogP contribution in [0.3, 0.4) is 0 Å². The number of fused-ring (bicyclic) bond motifs is 1. The van der Waals surface area contributed by atoms with E-state index in [1.54, 1.807) is 14.0 Å². The van der Waals surface area contributed by atoms with Gasteiger partial charge in [0.2, 0.25) is 0 Å². The second-order valence-electron chi connectivity index (χ2n) is 6.24. The molecule has 0 saturated carbocycles. The van der Waals surface area contributed by atoms with E-state index in [4.69, 9.17) is 4.74 Å². The lowest BCUT2D eigenvalue weighted by Gasteiger charge is -2.24. The van der Waals surface area contributed by atoms with Crippen molar-refractivity contribution in [3.05, 3.63) is 29.3 Å². The van der Waals surface area contributed by atoms with E-state index in [1.807, 2.05) is 18.2 Å². The van der Waals surface area contributed by atoms with Gasteiger partial charge in [0.15, 0.2) is 5.78 Å². The van der Waals surface area contributed by atoms with E-state index in [9.17, 15) is 4.79 Å². The number of nitrogens with zero attached hydrogens (tertiary/aromatic N) is 1. The van der Waals surface area contributed by atoms with Crippen LogP contribution in [0.4, 0.5) is 0 Å². The molecule has 1 aromatic carbocycles. The summed E-state index contributed by atoms with van der Waals surface area (Å²) in [6.07, 6.45) is 2.62. The fraction of sp³-hybridized carbons (Fsp3) is 0.588. The number of ketones is 1. The highest BCUT2D eigenvalue weighted by Gasteiger charge is 2.34. The first-order valence-corrected chi connectivity index (χ1v) is 7.81. The number of benzene rings is 1. The van der Waals surface area contributed by atoms with Crippen LogP contribution < -0.4 is 10.1 Å². The number of nitrogens with one attached hydrogen (secondary N) is 1. The van der Waals surface area contributed by atoms with E-state index in [0.29, 0.717) is 6.04 Å². The number of methoxy groups -OCH3 is 1. The SMILES string of the molecule is COc1ccc(C(C)=O)cc1CN1CC2CCCNC2C1. The summed E-state index contributed by atoms with van der Waals surface area (Å²) in [5.41, 5.74) is 1.88. The van der Waals surface area contributed by atoms with Crippen LogP contribution in [0.2, 0.25) is 0 Å². The number of hydrogen-bond donors (Lipinski definition) is 1. The standard InChI is InChI=1S/C17H24N2O2/c1-12(20)13-5-6-17(21-2)15(8-13)10-19-9-14-4-3-7-18-16(14)11-19/h5-6,8,14,16,18H,3-4,7,9-11H2,1-2H3. The van der Waals surface area contributed by atoms with Gasteiger partial charge >= 0.3 is 0 Å². The minimum absolute atomic E-state index is 0.107. The van der Waals surface area contributed by atoms with Crippen molar-refractivity contribution in [3.8, 4) is 5.75 Å². The minimum atomic E-state index is 0.107. The zero-order valence-corrected chi connectivity index (χ0v) is 12.9. The Morgan fingerprint density at radius 3 is 3.00 bits per heavy atom. The van der Waals surface area contributed by atoms with Gasteiger partial charge in [-0.15, -0.1) is 0 Å². The van der Waals surface area contributed by atoms with Gasteiger partial charge in [0.05, 0.1) is 7.11 Å². The normalized spacial score (nSPS) is 25.6. The van der Waals surface area contributed by atoms with Gasteiger partial charge in [-0.3, -0.25) is 9.69 Å². The molecule has 3 rings (SSSR count). The zero-order chi connectivity index (χ0) is 14.8. The number of piperidine rings is 1. The molecule has 0 aromatic heterocycles. The average molecular weight is 288 g/mol. The van der Waals surface area contributed by atoms with Crippen LogP contribution in [0.15, 0.2) is 18.2 Å². The van der Waals surface area contributed by atoms with E-state index >= 15 is 0 Å². The molecule has 114 valence electrons. The summed E-state index contributed by atoms with van der Waals surface area (Å²) in [7, 11) is 1.69. The first-order valence-electron chi connectivity index (χ1n) is 7.81. The van der Waals surface area contributed by atoms with Gasteiger partial charge in [-0.1, -0.05) is 0 Å². The lowest BCUT2D eigenvalue weighted by molar-refractivity contribution is 0.101. The van der Waals surface area contributed by atoms with Crippen molar-refractivity contribution in [1.29, 1.82) is 0 Å². The number of carbonyl (C=O) groups excluding carboxylic acids is 1. The second kappa shape index (κ2) is 6.16. The smallest absolute Gasteiger partial charge is 0.159 e. The zero-order valence-electron chi connectivity index (χ0n) is 12.9. The number of hydrogen-bond acceptors (Lipinski definition) is 4. The molecule has 0 spiro atoms. The van der Waals surface area contributed by atoms with Gasteiger partial charge in [0.25, 0.3) is 0 Å². The van der Waals surface area contributed by atoms with Crippen molar-refractivity contribution in [2.75, 3.05) is 26.7 Å². The topological polar surface area (TPSA) is 41.6 Å². The molecule has 2 atom stereocenters. The summed E-state index contributed by atoms with van der Waals surface area (Å²) in [4.78, 5) is 14.1. The Balaban J connectivity index is 1.74. The Morgan fingerprint density at radius 2 is 2.29 bits per heavy atom. The molecule has 2 unspecified atom stereocenters. The Morgan fingerprint density at radius 1 is 1.43 bits per heavy atom. The van der Waals surface area contributed by atoms with Crippen LogP contribution in [-0.2, 0) is 6.54 Å². The third kappa shape index (κ3) is 3.11. The molecule has 2 saturated heterocycles. The van der Waals surface area contributed by atoms with Gasteiger partial charge in [-0.05, 0) is 50.4 Å². The highest BCUT2D eigenvalue weighted by Crippen LogP contribution is 2.28. The lowest BCUT2D eigenvalue weighted by atomic mass is 9.94. The van der Waals surface area contributed by atoms with Gasteiger partial charge < -0.3 is 10.1 Å². The summed E-state index contributed by atoms with van der Waals surface area (Å²) in [6.45, 7) is 5.86. The highest BCUT2D eigenvalue weighted by molar-refractivity contribution is 5.94. The molecular formula is C17H24N2O2. The van der Waals surface area contributed by atoms with Gasteiger partial charge in [-0.2, -0.15) is 0 Å². The number of Topliss-reactive ketones (excluding diaryl/α,β-unsaturated/α-hetero) is 1. The highest BCUT2D eigenvalue weighted by atomic mass is 16.5. The number of likely N-dealkylation sites (tertiary alicyclic amines) is 1. The molecule has 2 fully saturated rings. The van der Waals surface area contributed by atoms with Crippen molar-refractivity contribution in [2.45, 2.75) is 32.4 Å². The second-order valence-corrected chi connectivity index (χ2v) is 6.24. The van der Waals surface area contributed by atoms with Crippen molar-refractivity contribution < 1.29 is 9.53 Å². The van der Waals surface area contributed by atoms with E-state index in [-0.39, 0.29) is 5.78 Å². The molecule has 4 nitrogen and oxygen atoms in total. The molecule has 2 heterocycles. The van der Waals surface area contributed by atoms with Crippen LogP contribution in [0.1, 0.15) is 35.7 Å². The summed E-state index contributed by atoms with van der Waals surface area (Å²) in [5, 5.41) is 3.63. The van der Waals surface area contributed by atoms with Gasteiger partial charge in [-0.25, -0.2) is 0 Å². The van der Waals surface area contributed by atoms with Crippen molar-refractivity contribution in [1.82, 2.24) is 10.2 Å². The molecule has 0 bridgehead atoms. The Kier molecular flexibility index (Phi) is 4.27. The Bertz CT molecular complexity index is 516. The summed E-state index contributed by atoms with van der Waals surface area (Å²) in [5.74, 6) is 1.76. The fourth-order valence-electron chi connectivity index (χ4n) is 3.63. The van der Waals surface area contributed by atoms with E-state index in [0.717, 1.165) is 49.0 Å². The van der Waals surface area contributed by atoms with Gasteiger partial charge in [0, 0.05) is 36.8 Å². The van der Waals surface area contributed by atoms with E-state index in [1.165, 1.54) is 12.8 Å².